The van der Waals surface area contributed by atoms with Crippen LogP contribution in [-0.2, 0) is 21.1 Å². The van der Waals surface area contributed by atoms with Crippen molar-refractivity contribution in [1.29, 1.82) is 0 Å². The van der Waals surface area contributed by atoms with Crippen molar-refractivity contribution >= 4 is 0 Å². The molecule has 5 aromatic rings. The van der Waals surface area contributed by atoms with E-state index in [0.717, 1.165) is 28.1 Å². The zero-order chi connectivity index (χ0) is 23.5. The van der Waals surface area contributed by atoms with Crippen LogP contribution < -0.4 is 4.74 Å². The number of hydrogen-bond donors (Lipinski definition) is 1. The standard InChI is InChI=1S/C29H22N3O2.Pt/c1-19-14-22(15-20(2)31-19)23-17-26(32-27(18-23)25-10-3-4-11-28(25)33)21-8-7-9-24(16-21)34-29-12-5-6-13-30-29;/h3-15,17-18,33H,1-2H3;/q-1;. The summed E-state index contributed by atoms with van der Waals surface area (Å²) >= 11 is 0. The number of rotatable bonds is 5. The molecule has 0 aliphatic rings. The second-order valence-corrected chi connectivity index (χ2v) is 7.98. The summed E-state index contributed by atoms with van der Waals surface area (Å²) in [6.45, 7) is 3.96. The Balaban J connectivity index is 0.00000289. The molecule has 3 aromatic heterocycles. The van der Waals surface area contributed by atoms with Gasteiger partial charge in [0.05, 0.1) is 5.69 Å². The number of hydrogen-bond acceptors (Lipinski definition) is 5. The molecule has 0 spiro atoms. The summed E-state index contributed by atoms with van der Waals surface area (Å²) in [7, 11) is 0. The van der Waals surface area contributed by atoms with Crippen LogP contribution >= 0.6 is 0 Å². The zero-order valence-corrected chi connectivity index (χ0v) is 21.4. The van der Waals surface area contributed by atoms with Crippen LogP contribution in [0.1, 0.15) is 11.4 Å². The quantitative estimate of drug-likeness (QED) is 0.215. The molecule has 1 N–H and O–H groups in total. The molecule has 5 rings (SSSR count). The summed E-state index contributed by atoms with van der Waals surface area (Å²) in [5.74, 6) is 1.22. The number of para-hydroxylation sites is 1. The maximum Gasteiger partial charge on any atom is 0.217 e. The maximum absolute atomic E-state index is 10.5. The molecule has 176 valence electrons. The summed E-state index contributed by atoms with van der Waals surface area (Å²) < 4.78 is 5.88. The van der Waals surface area contributed by atoms with Gasteiger partial charge in [-0.05, 0) is 67.1 Å². The van der Waals surface area contributed by atoms with Gasteiger partial charge >= 0.3 is 0 Å². The Kier molecular flexibility index (Phi) is 7.38. The first-order valence-corrected chi connectivity index (χ1v) is 10.9. The van der Waals surface area contributed by atoms with E-state index in [0.29, 0.717) is 28.6 Å². The normalized spacial score (nSPS) is 10.5. The fourth-order valence-electron chi connectivity index (χ4n) is 3.84. The van der Waals surface area contributed by atoms with E-state index in [1.165, 1.54) is 0 Å². The van der Waals surface area contributed by atoms with E-state index in [4.69, 9.17) is 9.72 Å². The fraction of sp³-hybridized carbons (Fsp3) is 0.0690. The molecule has 0 saturated carbocycles. The molecule has 0 fully saturated rings. The van der Waals surface area contributed by atoms with Gasteiger partial charge in [0.2, 0.25) is 5.88 Å². The van der Waals surface area contributed by atoms with Crippen LogP contribution in [0.5, 0.6) is 17.4 Å². The Bertz CT molecular complexity index is 1450. The van der Waals surface area contributed by atoms with Gasteiger partial charge in [-0.1, -0.05) is 30.3 Å². The summed E-state index contributed by atoms with van der Waals surface area (Å²) in [5, 5.41) is 10.5. The minimum atomic E-state index is 0. The molecule has 0 radical (unpaired) electrons. The van der Waals surface area contributed by atoms with Gasteiger partial charge in [0.15, 0.2) is 0 Å². The van der Waals surface area contributed by atoms with E-state index in [2.05, 4.69) is 16.0 Å². The van der Waals surface area contributed by atoms with Crippen LogP contribution in [-0.4, -0.2) is 20.1 Å². The minimum absolute atomic E-state index is 0. The van der Waals surface area contributed by atoms with E-state index in [-0.39, 0.29) is 26.8 Å². The molecule has 3 heterocycles. The SMILES string of the molecule is Cc1cc(-c2cc(-c3[c-]c(Oc4ccccn4)ccc3)nc(-c3ccccc3O)c2)cc(C)n1.[Pt]. The second-order valence-electron chi connectivity index (χ2n) is 7.98. The molecule has 6 heteroatoms. The molecular weight excluding hydrogens is 617 g/mol. The number of aryl methyl sites for hydroxylation is 2. The van der Waals surface area contributed by atoms with Gasteiger partial charge < -0.3 is 9.84 Å². The van der Waals surface area contributed by atoms with Crippen LogP contribution in [0.15, 0.2) is 91.1 Å². The van der Waals surface area contributed by atoms with Gasteiger partial charge in [-0.15, -0.1) is 23.8 Å². The van der Waals surface area contributed by atoms with Gasteiger partial charge in [0.1, 0.15) is 5.75 Å². The number of benzene rings is 2. The Labute approximate surface area is 218 Å². The number of nitrogens with zero attached hydrogens (tertiary/aromatic N) is 3. The Morgan fingerprint density at radius 2 is 1.46 bits per heavy atom. The summed E-state index contributed by atoms with van der Waals surface area (Å²) in [4.78, 5) is 13.6. The molecule has 2 aromatic carbocycles. The third-order valence-electron chi connectivity index (χ3n) is 5.32. The number of phenols is 1. The predicted octanol–water partition coefficient (Wildman–Crippen LogP) is 6.79. The molecule has 0 bridgehead atoms. The average molecular weight is 640 g/mol. The Hall–Kier alpha value is -3.82. The molecule has 0 aliphatic carbocycles. The topological polar surface area (TPSA) is 68.1 Å². The number of pyridine rings is 3. The molecule has 0 amide bonds. The van der Waals surface area contributed by atoms with Crippen LogP contribution in [0.25, 0.3) is 33.6 Å². The molecule has 0 atom stereocenters. The third kappa shape index (κ3) is 5.64. The van der Waals surface area contributed by atoms with Gasteiger partial charge in [0, 0.05) is 56.0 Å². The van der Waals surface area contributed by atoms with Crippen molar-refractivity contribution in [2.24, 2.45) is 0 Å². The molecule has 35 heavy (non-hydrogen) atoms. The summed E-state index contributed by atoms with van der Waals surface area (Å²) in [6, 6.07) is 29.8. The van der Waals surface area contributed by atoms with Crippen molar-refractivity contribution in [3.63, 3.8) is 0 Å². The van der Waals surface area contributed by atoms with Gasteiger partial charge in [-0.3, -0.25) is 9.97 Å². The van der Waals surface area contributed by atoms with Gasteiger partial charge in [0.25, 0.3) is 0 Å². The van der Waals surface area contributed by atoms with Crippen LogP contribution in [0.4, 0.5) is 0 Å². The van der Waals surface area contributed by atoms with E-state index in [1.807, 2.05) is 80.6 Å². The van der Waals surface area contributed by atoms with Crippen molar-refractivity contribution < 1.29 is 30.9 Å². The summed E-state index contributed by atoms with van der Waals surface area (Å²) in [5.41, 5.74) is 6.71. The summed E-state index contributed by atoms with van der Waals surface area (Å²) in [6.07, 6.45) is 1.68. The Morgan fingerprint density at radius 1 is 0.743 bits per heavy atom. The second kappa shape index (κ2) is 10.6. The van der Waals surface area contributed by atoms with Crippen molar-refractivity contribution in [3.05, 3.63) is 109 Å². The maximum atomic E-state index is 10.5. The third-order valence-corrected chi connectivity index (χ3v) is 5.32. The number of aromatic nitrogens is 3. The van der Waals surface area contributed by atoms with Crippen LogP contribution in [0.3, 0.4) is 0 Å². The predicted molar refractivity (Wildman–Crippen MR) is 133 cm³/mol. The van der Waals surface area contributed by atoms with E-state index in [1.54, 1.807) is 24.4 Å². The molecule has 5 nitrogen and oxygen atoms in total. The van der Waals surface area contributed by atoms with Crippen molar-refractivity contribution in [1.82, 2.24) is 15.0 Å². The first-order valence-electron chi connectivity index (χ1n) is 10.9. The van der Waals surface area contributed by atoms with Crippen LogP contribution in [0, 0.1) is 19.9 Å². The minimum Gasteiger partial charge on any atom is -0.507 e. The monoisotopic (exact) mass is 639 g/mol. The first kappa shape index (κ1) is 24.3. The average Bonchev–Trinajstić information content (AvgIpc) is 2.84. The van der Waals surface area contributed by atoms with Crippen molar-refractivity contribution in [3.8, 4) is 51.0 Å². The first-order chi connectivity index (χ1) is 16.5. The Morgan fingerprint density at radius 3 is 2.20 bits per heavy atom. The van der Waals surface area contributed by atoms with E-state index in [9.17, 15) is 5.11 Å². The number of aromatic hydroxyl groups is 1. The van der Waals surface area contributed by atoms with Crippen molar-refractivity contribution in [2.45, 2.75) is 13.8 Å². The number of ether oxygens (including phenoxy) is 1. The zero-order valence-electron chi connectivity index (χ0n) is 19.2. The number of phenolic OH excluding ortho intramolecular Hbond substituents is 1. The van der Waals surface area contributed by atoms with E-state index >= 15 is 0 Å². The molecule has 0 aliphatic heterocycles. The largest absolute Gasteiger partial charge is 0.507 e. The van der Waals surface area contributed by atoms with Crippen LogP contribution in [0.2, 0.25) is 0 Å². The molecule has 0 saturated heterocycles. The molecular formula is C29H22N3O2Pt-. The van der Waals surface area contributed by atoms with E-state index < -0.39 is 0 Å². The smallest absolute Gasteiger partial charge is 0.217 e. The fourth-order valence-corrected chi connectivity index (χ4v) is 3.84. The van der Waals surface area contributed by atoms with Gasteiger partial charge in [-0.2, -0.15) is 0 Å². The molecule has 0 unspecified atom stereocenters. The van der Waals surface area contributed by atoms with Crippen molar-refractivity contribution in [2.75, 3.05) is 0 Å². The van der Waals surface area contributed by atoms with Gasteiger partial charge in [-0.25, -0.2) is 4.98 Å².